The number of carbonyl (C=O) groups is 1. The smallest absolute Gasteiger partial charge is 0.313 e. The number of nitrogens with zero attached hydrogens (tertiary/aromatic N) is 4. The molecular weight excluding hydrogens is 419 g/mol. The molecule has 1 aromatic heterocycles. The lowest BCUT2D eigenvalue weighted by Gasteiger charge is -2.27. The third kappa shape index (κ3) is 6.20. The first kappa shape index (κ1) is 23.1. The summed E-state index contributed by atoms with van der Waals surface area (Å²) in [5.74, 6) is -0.988. The molecule has 4 N–H and O–H groups in total. The Morgan fingerprint density at radius 2 is 2.00 bits per heavy atom. The van der Waals surface area contributed by atoms with Crippen molar-refractivity contribution in [2.45, 2.75) is 25.9 Å². The van der Waals surface area contributed by atoms with Crippen molar-refractivity contribution in [2.24, 2.45) is 10.9 Å². The van der Waals surface area contributed by atoms with Crippen LogP contribution in [0.3, 0.4) is 0 Å². The van der Waals surface area contributed by atoms with E-state index in [9.17, 15) is 9.18 Å². The molecule has 1 aromatic carbocycles. The molecule has 0 aliphatic carbocycles. The van der Waals surface area contributed by atoms with Crippen molar-refractivity contribution in [3.05, 3.63) is 42.0 Å². The number of benzene rings is 1. The largest absolute Gasteiger partial charge is 0.460 e. The molecule has 32 heavy (non-hydrogen) atoms. The van der Waals surface area contributed by atoms with Gasteiger partial charge in [0.05, 0.1) is 12.3 Å². The molecule has 11 heteroatoms. The van der Waals surface area contributed by atoms with Crippen molar-refractivity contribution in [1.82, 2.24) is 9.97 Å². The number of ether oxygens (including phenoxy) is 1. The van der Waals surface area contributed by atoms with Crippen molar-refractivity contribution in [1.29, 1.82) is 5.41 Å². The number of aromatic nitrogens is 2. The number of rotatable bonds is 9. The van der Waals surface area contributed by atoms with Gasteiger partial charge in [-0.15, -0.1) is 0 Å². The van der Waals surface area contributed by atoms with Crippen molar-refractivity contribution >= 4 is 23.5 Å². The lowest BCUT2D eigenvalue weighted by molar-refractivity contribution is -0.143. The molecule has 0 atom stereocenters. The van der Waals surface area contributed by atoms with Crippen LogP contribution in [0.25, 0.3) is 11.1 Å². The lowest BCUT2D eigenvalue weighted by Crippen LogP contribution is -2.35. The van der Waals surface area contributed by atoms with Gasteiger partial charge in [-0.2, -0.15) is 0 Å². The van der Waals surface area contributed by atoms with E-state index in [1.165, 1.54) is 6.07 Å². The van der Waals surface area contributed by atoms with Crippen LogP contribution in [0, 0.1) is 11.2 Å². The number of nitrogens with one attached hydrogen (secondary N) is 1. The highest BCUT2D eigenvalue weighted by Crippen LogP contribution is 2.26. The van der Waals surface area contributed by atoms with Crippen LogP contribution in [0.2, 0.25) is 0 Å². The predicted molar refractivity (Wildman–Crippen MR) is 116 cm³/mol. The third-order valence-electron chi connectivity index (χ3n) is 4.75. The number of aliphatic hydroxyl groups excluding tert-OH is 1. The minimum absolute atomic E-state index is 0.0718. The molecule has 1 aliphatic heterocycles. The maximum Gasteiger partial charge on any atom is 0.313 e. The molecule has 0 radical (unpaired) electrons. The number of halogens is 1. The number of nitrogens with two attached hydrogens (primary N) is 1. The molecule has 0 saturated carbocycles. The van der Waals surface area contributed by atoms with Gasteiger partial charge >= 0.3 is 5.97 Å². The Kier molecular flexibility index (Phi) is 8.03. The van der Waals surface area contributed by atoms with Crippen LogP contribution in [-0.2, 0) is 21.0 Å². The van der Waals surface area contributed by atoms with Crippen molar-refractivity contribution < 1.29 is 23.9 Å². The van der Waals surface area contributed by atoms with Crippen LogP contribution in [0.15, 0.2) is 35.7 Å². The average Bonchev–Trinajstić information content (AvgIpc) is 2.79. The molecule has 1 fully saturated rings. The predicted octanol–water partition coefficient (Wildman–Crippen LogP) is 1.62. The SMILES string of the molecule is N=C(N)CC(=O)OCc1cccc(-c2cnc(N3CCC(=NOCCO)CC3)nc2)c1F. The zero-order valence-electron chi connectivity index (χ0n) is 17.5. The first-order chi connectivity index (χ1) is 15.5. The molecule has 1 saturated heterocycles. The number of anilines is 1. The van der Waals surface area contributed by atoms with E-state index in [0.717, 1.165) is 5.71 Å². The highest BCUT2D eigenvalue weighted by Gasteiger charge is 2.19. The van der Waals surface area contributed by atoms with Gasteiger partial charge in [0.25, 0.3) is 0 Å². The number of hydrogen-bond acceptors (Lipinski definition) is 9. The fraction of sp³-hybridized carbons (Fsp3) is 0.381. The van der Waals surface area contributed by atoms with Gasteiger partial charge in [-0.1, -0.05) is 23.4 Å². The molecule has 2 heterocycles. The van der Waals surface area contributed by atoms with E-state index in [2.05, 4.69) is 15.1 Å². The van der Waals surface area contributed by atoms with Gasteiger partial charge in [-0.3, -0.25) is 10.2 Å². The second-order valence-electron chi connectivity index (χ2n) is 7.11. The van der Waals surface area contributed by atoms with E-state index in [4.69, 9.17) is 25.8 Å². The summed E-state index contributed by atoms with van der Waals surface area (Å²) in [6.45, 7) is 1.20. The molecule has 0 unspecified atom stereocenters. The zero-order chi connectivity index (χ0) is 22.9. The molecule has 2 aromatic rings. The van der Waals surface area contributed by atoms with Crippen LogP contribution < -0.4 is 10.6 Å². The molecule has 0 spiro atoms. The molecule has 170 valence electrons. The Hall–Kier alpha value is -3.60. The Morgan fingerprint density at radius 3 is 2.66 bits per heavy atom. The number of oxime groups is 1. The molecular formula is C21H25FN6O4. The van der Waals surface area contributed by atoms with E-state index in [-0.39, 0.29) is 37.6 Å². The number of aliphatic hydroxyl groups is 1. The Labute approximate surface area is 184 Å². The van der Waals surface area contributed by atoms with Crippen LogP contribution in [0.4, 0.5) is 10.3 Å². The van der Waals surface area contributed by atoms with Gasteiger partial charge < -0.3 is 25.3 Å². The molecule has 0 amide bonds. The summed E-state index contributed by atoms with van der Waals surface area (Å²) >= 11 is 0. The molecule has 1 aliphatic rings. The number of carbonyl (C=O) groups excluding carboxylic acids is 1. The van der Waals surface area contributed by atoms with E-state index < -0.39 is 11.8 Å². The Morgan fingerprint density at radius 1 is 1.28 bits per heavy atom. The van der Waals surface area contributed by atoms with Gasteiger partial charge in [0.15, 0.2) is 0 Å². The second-order valence-corrected chi connectivity index (χ2v) is 7.11. The summed E-state index contributed by atoms with van der Waals surface area (Å²) in [5.41, 5.74) is 7.09. The average molecular weight is 444 g/mol. The minimum atomic E-state index is -0.690. The van der Waals surface area contributed by atoms with Crippen molar-refractivity contribution in [3.63, 3.8) is 0 Å². The monoisotopic (exact) mass is 444 g/mol. The summed E-state index contributed by atoms with van der Waals surface area (Å²) in [6, 6.07) is 4.78. The quantitative estimate of drug-likeness (QED) is 0.174. The van der Waals surface area contributed by atoms with Gasteiger partial charge in [-0.05, 0) is 0 Å². The normalized spacial score (nSPS) is 13.6. The van der Waals surface area contributed by atoms with Gasteiger partial charge in [0.2, 0.25) is 5.95 Å². The van der Waals surface area contributed by atoms with Crippen LogP contribution in [0.1, 0.15) is 24.8 Å². The van der Waals surface area contributed by atoms with Gasteiger partial charge in [0, 0.05) is 55.0 Å². The molecule has 10 nitrogen and oxygen atoms in total. The lowest BCUT2D eigenvalue weighted by atomic mass is 10.0. The van der Waals surface area contributed by atoms with Crippen molar-refractivity contribution in [2.75, 3.05) is 31.2 Å². The summed E-state index contributed by atoms with van der Waals surface area (Å²) in [7, 11) is 0. The highest BCUT2D eigenvalue weighted by molar-refractivity contribution is 5.94. The maximum atomic E-state index is 14.9. The second kappa shape index (κ2) is 11.1. The topological polar surface area (TPSA) is 147 Å². The zero-order valence-corrected chi connectivity index (χ0v) is 17.5. The van der Waals surface area contributed by atoms with Gasteiger partial charge in [0.1, 0.15) is 31.3 Å². The summed E-state index contributed by atoms with van der Waals surface area (Å²) in [4.78, 5) is 27.3. The minimum Gasteiger partial charge on any atom is -0.460 e. The van der Waals surface area contributed by atoms with Gasteiger partial charge in [-0.25, -0.2) is 14.4 Å². The first-order valence-electron chi connectivity index (χ1n) is 10.1. The van der Waals surface area contributed by atoms with E-state index in [1.807, 2.05) is 4.90 Å². The highest BCUT2D eigenvalue weighted by atomic mass is 19.1. The first-order valence-corrected chi connectivity index (χ1v) is 10.1. The fourth-order valence-corrected chi connectivity index (χ4v) is 3.14. The van der Waals surface area contributed by atoms with Crippen LogP contribution in [0.5, 0.6) is 0 Å². The molecule has 3 rings (SSSR count). The number of piperidine rings is 1. The van der Waals surface area contributed by atoms with E-state index in [0.29, 0.717) is 43.0 Å². The van der Waals surface area contributed by atoms with E-state index >= 15 is 0 Å². The maximum absolute atomic E-state index is 14.9. The summed E-state index contributed by atoms with van der Waals surface area (Å²) < 4.78 is 19.9. The van der Waals surface area contributed by atoms with Crippen LogP contribution in [-0.4, -0.2) is 58.9 Å². The Balaban J connectivity index is 1.63. The summed E-state index contributed by atoms with van der Waals surface area (Å²) in [5, 5.41) is 19.8. The standard InChI is InChI=1S/C21H25FN6O4/c22-20-14(13-31-19(30)10-18(23)24)2-1-3-17(20)15-11-25-21(26-12-15)28-6-4-16(5-7-28)27-32-9-8-29/h1-3,11-12,29H,4-10,13H2,(H3,23,24). The van der Waals surface area contributed by atoms with Crippen LogP contribution >= 0.6 is 0 Å². The number of hydrogen-bond donors (Lipinski definition) is 3. The van der Waals surface area contributed by atoms with E-state index in [1.54, 1.807) is 24.5 Å². The summed E-state index contributed by atoms with van der Waals surface area (Å²) in [6.07, 6.45) is 4.18. The third-order valence-corrected chi connectivity index (χ3v) is 4.75. The molecule has 0 bridgehead atoms. The number of amidine groups is 1. The fourth-order valence-electron chi connectivity index (χ4n) is 3.14. The van der Waals surface area contributed by atoms with Crippen molar-refractivity contribution in [3.8, 4) is 11.1 Å². The number of esters is 1. The Bertz CT molecular complexity index is 973.